The highest BCUT2D eigenvalue weighted by Crippen LogP contribution is 2.49. The van der Waals surface area contributed by atoms with Gasteiger partial charge in [0.25, 0.3) is 5.91 Å². The Morgan fingerprint density at radius 2 is 2.10 bits per heavy atom. The first-order valence-corrected chi connectivity index (χ1v) is 7.69. The molecule has 0 saturated heterocycles. The lowest BCUT2D eigenvalue weighted by atomic mass is 9.84. The molecule has 1 aromatic rings. The maximum absolute atomic E-state index is 12.0. The van der Waals surface area contributed by atoms with Crippen molar-refractivity contribution in [1.29, 1.82) is 0 Å². The van der Waals surface area contributed by atoms with Crippen molar-refractivity contribution < 1.29 is 9.53 Å². The Balaban J connectivity index is 1.44. The largest absolute Gasteiger partial charge is 0.484 e. The van der Waals surface area contributed by atoms with E-state index in [4.69, 9.17) is 4.74 Å². The molecule has 1 N–H and O–H groups in total. The van der Waals surface area contributed by atoms with Crippen LogP contribution in [-0.4, -0.2) is 18.6 Å². The topological polar surface area (TPSA) is 38.3 Å². The molecule has 0 radical (unpaired) electrons. The number of hydrogen-bond acceptors (Lipinski definition) is 2. The third kappa shape index (κ3) is 2.97. The van der Waals surface area contributed by atoms with Crippen LogP contribution < -0.4 is 10.1 Å². The fourth-order valence-corrected chi connectivity index (χ4v) is 3.97. The Morgan fingerprint density at radius 3 is 2.75 bits per heavy atom. The lowest BCUT2D eigenvalue weighted by Gasteiger charge is -2.28. The van der Waals surface area contributed by atoms with Gasteiger partial charge in [-0.1, -0.05) is 24.6 Å². The van der Waals surface area contributed by atoms with E-state index in [1.54, 1.807) is 0 Å². The van der Waals surface area contributed by atoms with Crippen molar-refractivity contribution in [2.24, 2.45) is 17.8 Å². The van der Waals surface area contributed by atoms with Gasteiger partial charge in [0.1, 0.15) is 5.75 Å². The molecule has 2 aliphatic rings. The third-order valence-corrected chi connectivity index (χ3v) is 4.94. The van der Waals surface area contributed by atoms with Crippen LogP contribution in [0, 0.1) is 17.8 Å². The number of benzene rings is 1. The number of carbonyl (C=O) groups is 1. The van der Waals surface area contributed by atoms with E-state index in [0.29, 0.717) is 5.92 Å². The van der Waals surface area contributed by atoms with Gasteiger partial charge in [-0.3, -0.25) is 4.79 Å². The molecule has 0 aliphatic heterocycles. The molecular formula is C17H23NO2. The fourth-order valence-electron chi connectivity index (χ4n) is 3.97. The van der Waals surface area contributed by atoms with Crippen LogP contribution in [0.3, 0.4) is 0 Å². The minimum absolute atomic E-state index is 0.0101. The van der Waals surface area contributed by atoms with Crippen LogP contribution in [-0.2, 0) is 4.79 Å². The van der Waals surface area contributed by atoms with E-state index in [9.17, 15) is 4.79 Å². The number of hydrogen-bond donors (Lipinski definition) is 1. The molecule has 0 spiro atoms. The molecule has 4 atom stereocenters. The second-order valence-corrected chi connectivity index (χ2v) is 6.30. The standard InChI is InChI=1S/C17H23NO2/c1-12(16-10-13-7-8-14(16)9-13)18-17(19)11-20-15-5-3-2-4-6-15/h2-6,12-14,16H,7-11H2,1H3,(H,18,19)/t12-,13-,14+,16-/m1/s1. The Morgan fingerprint density at radius 1 is 1.30 bits per heavy atom. The van der Waals surface area contributed by atoms with Crippen LogP contribution in [0.15, 0.2) is 30.3 Å². The van der Waals surface area contributed by atoms with Gasteiger partial charge in [0.15, 0.2) is 6.61 Å². The smallest absolute Gasteiger partial charge is 0.258 e. The van der Waals surface area contributed by atoms with E-state index in [1.807, 2.05) is 30.3 Å². The summed E-state index contributed by atoms with van der Waals surface area (Å²) in [5, 5.41) is 3.11. The van der Waals surface area contributed by atoms with Crippen molar-refractivity contribution in [2.75, 3.05) is 6.61 Å². The highest BCUT2D eigenvalue weighted by molar-refractivity contribution is 5.77. The van der Waals surface area contributed by atoms with E-state index in [0.717, 1.165) is 17.6 Å². The number of fused-ring (bicyclic) bond motifs is 2. The summed E-state index contributed by atoms with van der Waals surface area (Å²) in [5.74, 6) is 3.17. The van der Waals surface area contributed by atoms with Crippen LogP contribution in [0.2, 0.25) is 0 Å². The molecule has 0 heterocycles. The second kappa shape index (κ2) is 5.86. The Bertz CT molecular complexity index is 459. The lowest BCUT2D eigenvalue weighted by Crippen LogP contribution is -2.42. The third-order valence-electron chi connectivity index (χ3n) is 4.94. The summed E-state index contributed by atoms with van der Waals surface area (Å²) >= 11 is 0. The number of ether oxygens (including phenoxy) is 1. The van der Waals surface area contributed by atoms with Gasteiger partial charge in [0, 0.05) is 6.04 Å². The zero-order chi connectivity index (χ0) is 13.9. The summed E-state index contributed by atoms with van der Waals surface area (Å²) in [6.45, 7) is 2.25. The average Bonchev–Trinajstić information content (AvgIpc) is 3.09. The Labute approximate surface area is 120 Å². The molecule has 20 heavy (non-hydrogen) atoms. The van der Waals surface area contributed by atoms with E-state index >= 15 is 0 Å². The van der Waals surface area contributed by atoms with Gasteiger partial charge in [-0.15, -0.1) is 0 Å². The summed E-state index contributed by atoms with van der Waals surface area (Å²) in [4.78, 5) is 12.0. The van der Waals surface area contributed by atoms with Crippen molar-refractivity contribution in [3.63, 3.8) is 0 Å². The first-order valence-electron chi connectivity index (χ1n) is 7.69. The molecule has 1 amide bonds. The summed E-state index contributed by atoms with van der Waals surface area (Å²) < 4.78 is 5.48. The van der Waals surface area contributed by atoms with Crippen LogP contribution in [0.1, 0.15) is 32.6 Å². The molecule has 0 unspecified atom stereocenters. The maximum atomic E-state index is 12.0. The van der Waals surface area contributed by atoms with Crippen LogP contribution >= 0.6 is 0 Å². The summed E-state index contributed by atoms with van der Waals surface area (Å²) in [6.07, 6.45) is 5.44. The summed E-state index contributed by atoms with van der Waals surface area (Å²) in [6, 6.07) is 9.76. The first kappa shape index (κ1) is 13.5. The van der Waals surface area contributed by atoms with Gasteiger partial charge in [-0.25, -0.2) is 0 Å². The fraction of sp³-hybridized carbons (Fsp3) is 0.588. The number of amides is 1. The molecule has 2 fully saturated rings. The lowest BCUT2D eigenvalue weighted by molar-refractivity contribution is -0.124. The second-order valence-electron chi connectivity index (χ2n) is 6.30. The van der Waals surface area contributed by atoms with Gasteiger partial charge in [0.2, 0.25) is 0 Å². The Hall–Kier alpha value is -1.51. The van der Waals surface area contributed by atoms with E-state index < -0.39 is 0 Å². The van der Waals surface area contributed by atoms with Crippen molar-refractivity contribution in [3.8, 4) is 5.75 Å². The quantitative estimate of drug-likeness (QED) is 0.895. The van der Waals surface area contributed by atoms with E-state index in [-0.39, 0.29) is 18.6 Å². The molecule has 2 saturated carbocycles. The van der Waals surface area contributed by atoms with E-state index in [1.165, 1.54) is 25.7 Å². The first-order chi connectivity index (χ1) is 9.72. The summed E-state index contributed by atoms with van der Waals surface area (Å²) in [5.41, 5.74) is 0. The normalized spacial score (nSPS) is 29.1. The average molecular weight is 273 g/mol. The molecular weight excluding hydrogens is 250 g/mol. The molecule has 3 heteroatoms. The monoisotopic (exact) mass is 273 g/mol. The molecule has 1 aromatic carbocycles. The predicted octanol–water partition coefficient (Wildman–Crippen LogP) is 3.01. The van der Waals surface area contributed by atoms with Crippen molar-refractivity contribution in [1.82, 2.24) is 5.32 Å². The van der Waals surface area contributed by atoms with Crippen molar-refractivity contribution >= 4 is 5.91 Å². The molecule has 3 nitrogen and oxygen atoms in total. The van der Waals surface area contributed by atoms with Gasteiger partial charge >= 0.3 is 0 Å². The molecule has 3 rings (SSSR count). The van der Waals surface area contributed by atoms with Gasteiger partial charge in [-0.2, -0.15) is 0 Å². The van der Waals surface area contributed by atoms with Crippen LogP contribution in [0.4, 0.5) is 0 Å². The highest BCUT2D eigenvalue weighted by Gasteiger charge is 2.42. The number of rotatable bonds is 5. The van der Waals surface area contributed by atoms with Gasteiger partial charge in [0.05, 0.1) is 0 Å². The minimum atomic E-state index is -0.0101. The molecule has 2 bridgehead atoms. The maximum Gasteiger partial charge on any atom is 0.258 e. The summed E-state index contributed by atoms with van der Waals surface area (Å²) in [7, 11) is 0. The predicted molar refractivity (Wildman–Crippen MR) is 78.5 cm³/mol. The molecule has 0 aromatic heterocycles. The number of nitrogens with one attached hydrogen (secondary N) is 1. The number of carbonyl (C=O) groups excluding carboxylic acids is 1. The van der Waals surface area contributed by atoms with E-state index in [2.05, 4.69) is 12.2 Å². The van der Waals surface area contributed by atoms with Gasteiger partial charge in [-0.05, 0) is 56.1 Å². The molecule has 2 aliphatic carbocycles. The highest BCUT2D eigenvalue weighted by atomic mass is 16.5. The molecule has 108 valence electrons. The van der Waals surface area contributed by atoms with Crippen molar-refractivity contribution in [2.45, 2.75) is 38.6 Å². The van der Waals surface area contributed by atoms with Crippen LogP contribution in [0.25, 0.3) is 0 Å². The Kier molecular flexibility index (Phi) is 3.95. The van der Waals surface area contributed by atoms with Gasteiger partial charge < -0.3 is 10.1 Å². The van der Waals surface area contributed by atoms with Crippen LogP contribution in [0.5, 0.6) is 5.75 Å². The zero-order valence-electron chi connectivity index (χ0n) is 12.0. The minimum Gasteiger partial charge on any atom is -0.484 e. The SMILES string of the molecule is C[C@@H](NC(=O)COc1ccccc1)[C@H]1C[C@@H]2CC[C@H]1C2. The number of para-hydroxylation sites is 1. The van der Waals surface area contributed by atoms with Crippen molar-refractivity contribution in [3.05, 3.63) is 30.3 Å². The zero-order valence-corrected chi connectivity index (χ0v) is 12.0.